The highest BCUT2D eigenvalue weighted by atomic mass is 35.5. The van der Waals surface area contributed by atoms with Crippen LogP contribution < -0.4 is 10.5 Å². The highest BCUT2D eigenvalue weighted by Gasteiger charge is 2.14. The Morgan fingerprint density at radius 2 is 1.97 bits per heavy atom. The maximum absolute atomic E-state index is 11.0. The van der Waals surface area contributed by atoms with Gasteiger partial charge in [-0.3, -0.25) is 4.79 Å². The van der Waals surface area contributed by atoms with Crippen molar-refractivity contribution < 1.29 is 14.6 Å². The van der Waals surface area contributed by atoms with E-state index in [0.29, 0.717) is 29.4 Å². The molecule has 0 fully saturated rings. The van der Waals surface area contributed by atoms with Crippen LogP contribution in [0.2, 0.25) is 5.02 Å². The number of aliphatic carboxylic acids is 1. The lowest BCUT2D eigenvalue weighted by atomic mass is 10.0. The monoisotopic (exact) mass is 442 g/mol. The van der Waals surface area contributed by atoms with Gasteiger partial charge in [-0.2, -0.15) is 0 Å². The number of halogens is 1. The molecule has 0 aliphatic carbocycles. The predicted molar refractivity (Wildman–Crippen MR) is 121 cm³/mol. The lowest BCUT2D eigenvalue weighted by Crippen LogP contribution is -2.30. The number of benzene rings is 2. The van der Waals surface area contributed by atoms with E-state index < -0.39 is 12.0 Å². The quantitative estimate of drug-likeness (QED) is 0.521. The number of imidazole rings is 1. The average molecular weight is 443 g/mol. The van der Waals surface area contributed by atoms with Crippen LogP contribution in [0.1, 0.15) is 17.8 Å². The molecular weight excluding hydrogens is 416 g/mol. The molecule has 2 aromatic carbocycles. The second kappa shape index (κ2) is 9.96. The normalized spacial score (nSPS) is 12.2. The first-order chi connectivity index (χ1) is 14.7. The first-order valence-electron chi connectivity index (χ1n) is 9.95. The van der Waals surface area contributed by atoms with Gasteiger partial charge in [-0.25, -0.2) is 4.98 Å². The van der Waals surface area contributed by atoms with E-state index in [2.05, 4.69) is 14.5 Å². The van der Waals surface area contributed by atoms with Crippen molar-refractivity contribution in [3.63, 3.8) is 0 Å². The zero-order valence-electron chi connectivity index (χ0n) is 17.9. The molecule has 3 N–H and O–H groups in total. The summed E-state index contributed by atoms with van der Waals surface area (Å²) in [5.41, 5.74) is 8.54. The Bertz CT molecular complexity index is 1050. The first-order valence-corrected chi connectivity index (χ1v) is 10.3. The van der Waals surface area contributed by atoms with Crippen molar-refractivity contribution in [3.05, 3.63) is 65.1 Å². The topological polar surface area (TPSA) is 93.6 Å². The molecule has 7 nitrogen and oxygen atoms in total. The molecule has 1 aromatic heterocycles. The number of rotatable bonds is 9. The minimum atomic E-state index is -1.02. The number of aromatic nitrogens is 2. The number of carboxylic acids is 1. The number of carbonyl (C=O) groups is 1. The lowest BCUT2D eigenvalue weighted by molar-refractivity contribution is -0.138. The summed E-state index contributed by atoms with van der Waals surface area (Å²) in [6.45, 7) is 0.765. The molecule has 0 saturated heterocycles. The summed E-state index contributed by atoms with van der Waals surface area (Å²) < 4.78 is 8.14. The minimum absolute atomic E-state index is 0.308. The molecule has 0 aliphatic heterocycles. The van der Waals surface area contributed by atoms with Crippen LogP contribution in [0, 0.1) is 0 Å². The molecule has 3 aromatic rings. The largest absolute Gasteiger partial charge is 0.480 e. The first kappa shape index (κ1) is 22.8. The molecule has 0 radical (unpaired) electrons. The summed E-state index contributed by atoms with van der Waals surface area (Å²) in [5.74, 6) is 1.22. The van der Waals surface area contributed by atoms with Gasteiger partial charge in [-0.05, 0) is 68.9 Å². The van der Waals surface area contributed by atoms with Gasteiger partial charge in [-0.1, -0.05) is 17.7 Å². The number of hydrogen-bond donors (Lipinski definition) is 2. The molecule has 0 spiro atoms. The van der Waals surface area contributed by atoms with Crippen LogP contribution in [0.15, 0.2) is 48.7 Å². The second-order valence-electron chi connectivity index (χ2n) is 7.72. The average Bonchev–Trinajstić information content (AvgIpc) is 3.07. The number of carboxylic acid groups (broad SMARTS) is 1. The number of nitrogens with two attached hydrogens (primary N) is 1. The zero-order chi connectivity index (χ0) is 22.5. The highest BCUT2D eigenvalue weighted by Crippen LogP contribution is 2.31. The molecule has 8 heteroatoms. The van der Waals surface area contributed by atoms with Gasteiger partial charge >= 0.3 is 5.97 Å². The van der Waals surface area contributed by atoms with Crippen molar-refractivity contribution in [3.8, 4) is 22.8 Å². The van der Waals surface area contributed by atoms with Crippen molar-refractivity contribution in [2.45, 2.75) is 25.4 Å². The summed E-state index contributed by atoms with van der Waals surface area (Å²) in [6, 6.07) is 12.1. The fraction of sp³-hybridized carbons (Fsp3) is 0.304. The summed E-state index contributed by atoms with van der Waals surface area (Å²) >= 11 is 6.15. The predicted octanol–water partition coefficient (Wildman–Crippen LogP) is 3.94. The van der Waals surface area contributed by atoms with Gasteiger partial charge in [0.1, 0.15) is 23.4 Å². The maximum Gasteiger partial charge on any atom is 0.320 e. The SMILES string of the molecule is CN(C)Cc1ncc(-c2ccc(Oc3cc(Cl)ccc3CC[C@H](N)C(=O)O)cc2)n1C. The van der Waals surface area contributed by atoms with Gasteiger partial charge in [0.25, 0.3) is 0 Å². The van der Waals surface area contributed by atoms with E-state index >= 15 is 0 Å². The minimum Gasteiger partial charge on any atom is -0.480 e. The molecule has 0 bridgehead atoms. The van der Waals surface area contributed by atoms with Crippen molar-refractivity contribution >= 4 is 17.6 Å². The third-order valence-electron chi connectivity index (χ3n) is 4.99. The van der Waals surface area contributed by atoms with E-state index in [1.165, 1.54) is 0 Å². The lowest BCUT2D eigenvalue weighted by Gasteiger charge is -2.14. The Morgan fingerprint density at radius 3 is 2.61 bits per heavy atom. The van der Waals surface area contributed by atoms with Crippen LogP contribution >= 0.6 is 11.6 Å². The van der Waals surface area contributed by atoms with Crippen LogP contribution in [0.3, 0.4) is 0 Å². The summed E-state index contributed by atoms with van der Waals surface area (Å²) in [5, 5.41) is 9.55. The molecule has 31 heavy (non-hydrogen) atoms. The molecule has 0 unspecified atom stereocenters. The standard InChI is InChI=1S/C23H27ClN4O3/c1-27(2)14-22-26-13-20(28(22)3)15-5-9-18(10-6-15)31-21-12-17(24)8-4-16(21)7-11-19(25)23(29)30/h4-6,8-10,12-13,19H,7,11,14,25H2,1-3H3,(H,29,30)/t19-/m0/s1. The summed E-state index contributed by atoms with van der Waals surface area (Å²) in [6.07, 6.45) is 2.65. The highest BCUT2D eigenvalue weighted by molar-refractivity contribution is 6.30. The smallest absolute Gasteiger partial charge is 0.320 e. The van der Waals surface area contributed by atoms with E-state index in [-0.39, 0.29) is 0 Å². The van der Waals surface area contributed by atoms with Crippen molar-refractivity contribution in [1.29, 1.82) is 0 Å². The Balaban J connectivity index is 1.76. The third-order valence-corrected chi connectivity index (χ3v) is 5.23. The van der Waals surface area contributed by atoms with Crippen molar-refractivity contribution in [2.24, 2.45) is 12.8 Å². The molecule has 0 amide bonds. The van der Waals surface area contributed by atoms with Gasteiger partial charge < -0.3 is 25.0 Å². The fourth-order valence-electron chi connectivity index (χ4n) is 3.23. The second-order valence-corrected chi connectivity index (χ2v) is 8.15. The molecule has 3 rings (SSSR count). The van der Waals surface area contributed by atoms with Gasteiger partial charge in [0.2, 0.25) is 0 Å². The summed E-state index contributed by atoms with van der Waals surface area (Å²) in [7, 11) is 6.03. The van der Waals surface area contributed by atoms with Crippen LogP contribution in [-0.4, -0.2) is 45.7 Å². The van der Waals surface area contributed by atoms with Gasteiger partial charge in [-0.15, -0.1) is 0 Å². The van der Waals surface area contributed by atoms with Crippen LogP contribution in [-0.2, 0) is 24.8 Å². The molecular formula is C23H27ClN4O3. The molecule has 0 saturated carbocycles. The van der Waals surface area contributed by atoms with E-state index in [1.54, 1.807) is 12.1 Å². The van der Waals surface area contributed by atoms with Gasteiger partial charge in [0, 0.05) is 17.6 Å². The Labute approximate surface area is 187 Å². The maximum atomic E-state index is 11.0. The Hall–Kier alpha value is -2.87. The van der Waals surface area contributed by atoms with Gasteiger partial charge in [0.15, 0.2) is 0 Å². The fourth-order valence-corrected chi connectivity index (χ4v) is 3.39. The van der Waals surface area contributed by atoms with E-state index in [1.807, 2.05) is 57.7 Å². The Morgan fingerprint density at radius 1 is 1.26 bits per heavy atom. The number of nitrogens with zero attached hydrogens (tertiary/aromatic N) is 3. The van der Waals surface area contributed by atoms with Crippen LogP contribution in [0.25, 0.3) is 11.3 Å². The molecule has 1 heterocycles. The van der Waals surface area contributed by atoms with E-state index in [9.17, 15) is 4.79 Å². The third kappa shape index (κ3) is 5.85. The number of ether oxygens (including phenoxy) is 1. The van der Waals surface area contributed by atoms with E-state index in [0.717, 1.165) is 29.2 Å². The summed E-state index contributed by atoms with van der Waals surface area (Å²) in [4.78, 5) is 17.6. The zero-order valence-corrected chi connectivity index (χ0v) is 18.6. The number of hydrogen-bond acceptors (Lipinski definition) is 5. The van der Waals surface area contributed by atoms with Gasteiger partial charge in [0.05, 0.1) is 18.4 Å². The van der Waals surface area contributed by atoms with Crippen LogP contribution in [0.4, 0.5) is 0 Å². The van der Waals surface area contributed by atoms with E-state index in [4.69, 9.17) is 27.2 Å². The number of aryl methyl sites for hydroxylation is 1. The van der Waals surface area contributed by atoms with Crippen LogP contribution in [0.5, 0.6) is 11.5 Å². The molecule has 164 valence electrons. The van der Waals surface area contributed by atoms with Crippen molar-refractivity contribution in [2.75, 3.05) is 14.1 Å². The van der Waals surface area contributed by atoms with Crippen molar-refractivity contribution in [1.82, 2.24) is 14.5 Å². The molecule has 0 aliphatic rings. The Kier molecular flexibility index (Phi) is 7.33. The molecule has 1 atom stereocenters.